The number of nitrogens with zero attached hydrogens (tertiary/aromatic N) is 2. The minimum absolute atomic E-state index is 0.0957. The highest BCUT2D eigenvalue weighted by atomic mass is 32.2. The molecule has 0 aliphatic heterocycles. The van der Waals surface area contributed by atoms with Gasteiger partial charge in [0.2, 0.25) is 5.88 Å². The fraction of sp³-hybridized carbons (Fsp3) is 0.185. The summed E-state index contributed by atoms with van der Waals surface area (Å²) < 4.78 is 32.6. The number of anilines is 1. The molecule has 4 rings (SSSR count). The van der Waals surface area contributed by atoms with E-state index in [1.54, 1.807) is 48.5 Å². The summed E-state index contributed by atoms with van der Waals surface area (Å²) in [5, 5.41) is 9.71. The highest BCUT2D eigenvalue weighted by Gasteiger charge is 2.22. The summed E-state index contributed by atoms with van der Waals surface area (Å²) in [5.74, 6) is 0.826. The number of hydrogen-bond acceptors (Lipinski definition) is 9. The van der Waals surface area contributed by atoms with Crippen molar-refractivity contribution in [3.05, 3.63) is 105 Å². The minimum Gasteiger partial charge on any atom is -0.494 e. The number of hydroxylamine groups is 1. The molecule has 39 heavy (non-hydrogen) atoms. The number of H-pyrrole nitrogens is 1. The second-order valence-electron chi connectivity index (χ2n) is 8.58. The lowest BCUT2D eigenvalue weighted by molar-refractivity contribution is 0.0541. The molecule has 2 aromatic carbocycles. The van der Waals surface area contributed by atoms with Gasteiger partial charge >= 0.3 is 4.87 Å². The third-order valence-corrected chi connectivity index (χ3v) is 8.38. The van der Waals surface area contributed by atoms with Gasteiger partial charge in [-0.3, -0.25) is 24.4 Å². The van der Waals surface area contributed by atoms with Crippen LogP contribution in [-0.2, 0) is 21.3 Å². The van der Waals surface area contributed by atoms with Crippen LogP contribution >= 0.6 is 11.3 Å². The van der Waals surface area contributed by atoms with E-state index < -0.39 is 10.0 Å². The molecule has 204 valence electrons. The number of benzene rings is 2. The van der Waals surface area contributed by atoms with Crippen molar-refractivity contribution in [3.63, 3.8) is 0 Å². The topological polar surface area (TPSA) is 134 Å². The van der Waals surface area contributed by atoms with E-state index in [2.05, 4.69) is 22.0 Å². The predicted molar refractivity (Wildman–Crippen MR) is 150 cm³/mol. The second kappa shape index (κ2) is 12.2. The molecule has 12 heteroatoms. The monoisotopic (exact) mass is 568 g/mol. The molecular formula is C27H28N4O6S2. The predicted octanol–water partition coefficient (Wildman–Crippen LogP) is 3.83. The fourth-order valence-electron chi connectivity index (χ4n) is 3.50. The number of aromatic nitrogens is 2. The van der Waals surface area contributed by atoms with Crippen LogP contribution in [0.15, 0.2) is 83.1 Å². The molecule has 0 amide bonds. The van der Waals surface area contributed by atoms with Gasteiger partial charge in [0, 0.05) is 25.2 Å². The molecule has 4 aromatic rings. The first-order valence-electron chi connectivity index (χ1n) is 11.8. The molecule has 3 N–H and O–H groups in total. The summed E-state index contributed by atoms with van der Waals surface area (Å²) in [6, 6.07) is 17.3. The van der Waals surface area contributed by atoms with E-state index in [-0.39, 0.29) is 34.7 Å². The van der Waals surface area contributed by atoms with Gasteiger partial charge in [0.15, 0.2) is 0 Å². The SMILES string of the molecule is C=C(NOCCOc1ccc(Cc2sc(=O)[nH]c2O)cc1)c1ccc(N(C)S(=O)(=O)c2ccc(C)cc2)nc1. The van der Waals surface area contributed by atoms with E-state index in [0.29, 0.717) is 28.3 Å². The zero-order valence-electron chi connectivity index (χ0n) is 21.4. The Morgan fingerprint density at radius 3 is 2.44 bits per heavy atom. The zero-order chi connectivity index (χ0) is 28.0. The molecule has 10 nitrogen and oxygen atoms in total. The van der Waals surface area contributed by atoms with E-state index in [9.17, 15) is 18.3 Å². The number of nitrogens with one attached hydrogen (secondary N) is 2. The minimum atomic E-state index is -3.73. The Morgan fingerprint density at radius 2 is 1.82 bits per heavy atom. The van der Waals surface area contributed by atoms with E-state index >= 15 is 0 Å². The zero-order valence-corrected chi connectivity index (χ0v) is 23.0. The number of aromatic hydroxyl groups is 1. The van der Waals surface area contributed by atoms with Gasteiger partial charge in [-0.25, -0.2) is 13.4 Å². The number of aryl methyl sites for hydroxylation is 1. The van der Waals surface area contributed by atoms with Crippen molar-refractivity contribution in [1.82, 2.24) is 15.4 Å². The summed E-state index contributed by atoms with van der Waals surface area (Å²) in [4.78, 5) is 23.8. The Morgan fingerprint density at radius 1 is 1.10 bits per heavy atom. The van der Waals surface area contributed by atoms with Crippen LogP contribution in [0.3, 0.4) is 0 Å². The van der Waals surface area contributed by atoms with Crippen molar-refractivity contribution in [2.75, 3.05) is 24.6 Å². The Kier molecular flexibility index (Phi) is 8.69. The maximum absolute atomic E-state index is 12.9. The number of aromatic amines is 1. The lowest BCUT2D eigenvalue weighted by Crippen LogP contribution is -2.27. The van der Waals surface area contributed by atoms with E-state index in [1.807, 2.05) is 19.1 Å². The number of sulfonamides is 1. The Hall–Kier alpha value is -4.13. The van der Waals surface area contributed by atoms with Crippen LogP contribution in [0.2, 0.25) is 0 Å². The van der Waals surface area contributed by atoms with Crippen LogP contribution in [0.25, 0.3) is 5.70 Å². The maximum Gasteiger partial charge on any atom is 0.307 e. The van der Waals surface area contributed by atoms with Gasteiger partial charge in [-0.15, -0.1) is 0 Å². The van der Waals surface area contributed by atoms with Gasteiger partial charge in [0.1, 0.15) is 24.8 Å². The number of hydrogen-bond donors (Lipinski definition) is 3. The van der Waals surface area contributed by atoms with Gasteiger partial charge in [0.05, 0.1) is 15.5 Å². The standard InChI is InChI=1S/C27H28N4O6S2/c1-18-4-11-23(12-5-18)39(34,35)31(3)25-13-8-21(17-28-25)19(2)30-37-15-14-36-22-9-6-20(7-10-22)16-24-26(32)29-27(33)38-24/h4-13,17,30,32H,2,14-16H2,1,3H3,(H,29,33). The van der Waals surface area contributed by atoms with E-state index in [1.165, 1.54) is 13.2 Å². The van der Waals surface area contributed by atoms with Crippen molar-refractivity contribution in [2.24, 2.45) is 0 Å². The molecule has 0 spiro atoms. The van der Waals surface area contributed by atoms with E-state index in [0.717, 1.165) is 26.8 Å². The van der Waals surface area contributed by atoms with Crippen molar-refractivity contribution >= 4 is 32.9 Å². The second-order valence-corrected chi connectivity index (χ2v) is 11.6. The Labute approximate surface area is 230 Å². The molecule has 2 heterocycles. The van der Waals surface area contributed by atoms with Crippen molar-refractivity contribution in [3.8, 4) is 11.6 Å². The summed E-state index contributed by atoms with van der Waals surface area (Å²) >= 11 is 0.982. The van der Waals surface area contributed by atoms with Gasteiger partial charge in [-0.05, 0) is 48.9 Å². The highest BCUT2D eigenvalue weighted by Crippen LogP contribution is 2.23. The molecule has 0 bridgehead atoms. The third-order valence-electron chi connectivity index (χ3n) is 5.74. The van der Waals surface area contributed by atoms with Crippen molar-refractivity contribution in [2.45, 2.75) is 18.2 Å². The molecular weight excluding hydrogens is 540 g/mol. The quantitative estimate of drug-likeness (QED) is 0.173. The molecule has 2 aromatic heterocycles. The van der Waals surface area contributed by atoms with Gasteiger partial charge in [-0.2, -0.15) is 0 Å². The average Bonchev–Trinajstić information content (AvgIpc) is 3.25. The maximum atomic E-state index is 12.9. The summed E-state index contributed by atoms with van der Waals surface area (Å²) in [5.41, 5.74) is 5.74. The molecule has 0 atom stereocenters. The summed E-state index contributed by atoms with van der Waals surface area (Å²) in [6.45, 7) is 6.33. The van der Waals surface area contributed by atoms with Gasteiger partial charge in [-0.1, -0.05) is 47.7 Å². The molecule has 0 unspecified atom stereocenters. The largest absolute Gasteiger partial charge is 0.494 e. The van der Waals surface area contributed by atoms with Crippen LogP contribution in [-0.4, -0.2) is 43.8 Å². The Balaban J connectivity index is 1.21. The molecule has 0 saturated heterocycles. The third kappa shape index (κ3) is 7.05. The van der Waals surface area contributed by atoms with Crippen LogP contribution in [0, 0.1) is 6.92 Å². The molecule has 0 saturated carbocycles. The summed E-state index contributed by atoms with van der Waals surface area (Å²) in [7, 11) is -2.28. The molecule has 0 fully saturated rings. The molecule has 0 aliphatic carbocycles. The van der Waals surface area contributed by atoms with Gasteiger partial charge < -0.3 is 9.84 Å². The van der Waals surface area contributed by atoms with Crippen molar-refractivity contribution < 1.29 is 23.1 Å². The van der Waals surface area contributed by atoms with Crippen LogP contribution in [0.5, 0.6) is 11.6 Å². The summed E-state index contributed by atoms with van der Waals surface area (Å²) in [6.07, 6.45) is 1.96. The number of ether oxygens (including phenoxy) is 1. The van der Waals surface area contributed by atoms with Crippen LogP contribution in [0.4, 0.5) is 5.82 Å². The fourth-order valence-corrected chi connectivity index (χ4v) is 5.41. The number of pyridine rings is 1. The first-order valence-corrected chi connectivity index (χ1v) is 14.1. The number of thiazole rings is 1. The first-order chi connectivity index (χ1) is 18.6. The van der Waals surface area contributed by atoms with Crippen LogP contribution in [0.1, 0.15) is 21.6 Å². The van der Waals surface area contributed by atoms with Gasteiger partial charge in [0.25, 0.3) is 10.0 Å². The first kappa shape index (κ1) is 27.9. The normalized spacial score (nSPS) is 11.2. The highest BCUT2D eigenvalue weighted by molar-refractivity contribution is 7.92. The van der Waals surface area contributed by atoms with Crippen molar-refractivity contribution in [1.29, 1.82) is 0 Å². The van der Waals surface area contributed by atoms with Crippen LogP contribution < -0.4 is 19.4 Å². The lowest BCUT2D eigenvalue weighted by atomic mass is 10.1. The van der Waals surface area contributed by atoms with E-state index in [4.69, 9.17) is 9.57 Å². The lowest BCUT2D eigenvalue weighted by Gasteiger charge is -2.19. The molecule has 0 aliphatic rings. The average molecular weight is 569 g/mol. The Bertz CT molecular complexity index is 1580. The number of rotatable bonds is 12. The molecule has 0 radical (unpaired) electrons. The smallest absolute Gasteiger partial charge is 0.307 e.